The fraction of sp³-hybridized carbons (Fsp3) is 0.333. The summed E-state index contributed by atoms with van der Waals surface area (Å²) in [7, 11) is 0. The molecule has 1 amide bonds. The van der Waals surface area contributed by atoms with Crippen LogP contribution >= 0.6 is 0 Å². The van der Waals surface area contributed by atoms with Crippen molar-refractivity contribution in [3.63, 3.8) is 0 Å². The van der Waals surface area contributed by atoms with Crippen molar-refractivity contribution in [1.82, 2.24) is 9.88 Å². The summed E-state index contributed by atoms with van der Waals surface area (Å²) in [5, 5.41) is 10.1. The van der Waals surface area contributed by atoms with Gasteiger partial charge in [0.2, 0.25) is 12.7 Å². The monoisotopic (exact) mass is 478 g/mol. The number of hydrogen-bond donors (Lipinski definition) is 1. The van der Waals surface area contributed by atoms with Crippen LogP contribution in [-0.2, 0) is 11.2 Å². The van der Waals surface area contributed by atoms with E-state index in [1.54, 1.807) is 18.3 Å². The molecule has 2 aliphatic heterocycles. The Bertz CT molecular complexity index is 1210. The fourth-order valence-electron chi connectivity index (χ4n) is 4.60. The highest BCUT2D eigenvalue weighted by Crippen LogP contribution is 2.35. The zero-order valence-corrected chi connectivity index (χ0v) is 19.3. The zero-order valence-electron chi connectivity index (χ0n) is 19.3. The summed E-state index contributed by atoms with van der Waals surface area (Å²) < 4.78 is 29.9. The molecule has 5 rings (SSSR count). The Morgan fingerprint density at radius 2 is 1.91 bits per heavy atom. The van der Waals surface area contributed by atoms with Crippen LogP contribution in [0.15, 0.2) is 54.7 Å². The first-order valence-corrected chi connectivity index (χ1v) is 11.8. The summed E-state index contributed by atoms with van der Waals surface area (Å²) in [5.41, 5.74) is 2.13. The van der Waals surface area contributed by atoms with Gasteiger partial charge in [0.25, 0.3) is 5.91 Å². The quantitative estimate of drug-likeness (QED) is 0.536. The molecule has 1 aromatic heterocycles. The number of nitrogens with zero attached hydrogens (tertiary/aromatic N) is 2. The lowest BCUT2D eigenvalue weighted by Gasteiger charge is -2.32. The Morgan fingerprint density at radius 3 is 2.74 bits per heavy atom. The van der Waals surface area contributed by atoms with Crippen LogP contribution in [-0.4, -0.2) is 47.4 Å². The normalized spacial score (nSPS) is 15.3. The van der Waals surface area contributed by atoms with E-state index in [1.165, 1.54) is 17.7 Å². The van der Waals surface area contributed by atoms with Crippen molar-refractivity contribution >= 4 is 5.91 Å². The van der Waals surface area contributed by atoms with E-state index in [0.717, 1.165) is 43.2 Å². The van der Waals surface area contributed by atoms with Crippen LogP contribution in [0.3, 0.4) is 0 Å². The van der Waals surface area contributed by atoms with Crippen LogP contribution in [0.4, 0.5) is 4.39 Å². The molecular formula is C27H27FN2O5. The second kappa shape index (κ2) is 10.2. The Hall–Kier alpha value is -3.81. The molecule has 0 bridgehead atoms. The van der Waals surface area contributed by atoms with Crippen molar-refractivity contribution in [2.45, 2.75) is 25.7 Å². The minimum absolute atomic E-state index is 0.0980. The number of hydrogen-bond acceptors (Lipinski definition) is 6. The molecule has 35 heavy (non-hydrogen) atoms. The number of likely N-dealkylation sites (tertiary alicyclic amines) is 1. The molecule has 2 aliphatic rings. The van der Waals surface area contributed by atoms with Gasteiger partial charge < -0.3 is 24.2 Å². The van der Waals surface area contributed by atoms with Crippen molar-refractivity contribution in [2.24, 2.45) is 5.92 Å². The van der Waals surface area contributed by atoms with Gasteiger partial charge in [-0.25, -0.2) is 9.37 Å². The number of amides is 1. The SMILES string of the molecule is O=C(COc1ncccc1-c1ccc(F)cc1O)N1CCC(CCc2ccc3c(c2)OCO3)CC1. The first-order chi connectivity index (χ1) is 17.1. The Kier molecular flexibility index (Phi) is 6.70. The van der Waals surface area contributed by atoms with Crippen LogP contribution in [0, 0.1) is 11.7 Å². The van der Waals surface area contributed by atoms with Crippen molar-refractivity contribution < 1.29 is 28.5 Å². The maximum Gasteiger partial charge on any atom is 0.260 e. The summed E-state index contributed by atoms with van der Waals surface area (Å²) in [6, 6.07) is 13.3. The molecule has 0 saturated carbocycles. The Morgan fingerprint density at radius 1 is 1.09 bits per heavy atom. The lowest BCUT2D eigenvalue weighted by atomic mass is 9.90. The standard InChI is InChI=1S/C27H27FN2O5/c28-20-6-7-21(23(31)15-20)22-2-1-11-29-27(22)33-16-26(32)30-12-9-18(10-13-30)3-4-19-5-8-24-25(14-19)35-17-34-24/h1-2,5-8,11,14-15,18,31H,3-4,9-10,12-13,16-17H2. The van der Waals surface area contributed by atoms with Crippen molar-refractivity contribution in [1.29, 1.82) is 0 Å². The number of carbonyl (C=O) groups is 1. The maximum atomic E-state index is 13.4. The Balaban J connectivity index is 1.11. The second-order valence-electron chi connectivity index (χ2n) is 8.86. The number of ether oxygens (including phenoxy) is 3. The lowest BCUT2D eigenvalue weighted by molar-refractivity contribution is -0.134. The van der Waals surface area contributed by atoms with E-state index >= 15 is 0 Å². The number of fused-ring (bicyclic) bond motifs is 1. The second-order valence-corrected chi connectivity index (χ2v) is 8.86. The van der Waals surface area contributed by atoms with Gasteiger partial charge in [-0.3, -0.25) is 4.79 Å². The molecule has 0 spiro atoms. The summed E-state index contributed by atoms with van der Waals surface area (Å²) in [6.07, 6.45) is 5.49. The van der Waals surface area contributed by atoms with E-state index in [4.69, 9.17) is 14.2 Å². The number of pyridine rings is 1. The van der Waals surface area contributed by atoms with Crippen LogP contribution in [0.25, 0.3) is 11.1 Å². The van der Waals surface area contributed by atoms with Gasteiger partial charge in [0.05, 0.1) is 0 Å². The molecule has 0 unspecified atom stereocenters. The highest BCUT2D eigenvalue weighted by molar-refractivity contribution is 5.79. The number of aryl methyl sites for hydroxylation is 1. The zero-order chi connectivity index (χ0) is 24.2. The van der Waals surface area contributed by atoms with Gasteiger partial charge in [0.15, 0.2) is 18.1 Å². The van der Waals surface area contributed by atoms with Gasteiger partial charge >= 0.3 is 0 Å². The van der Waals surface area contributed by atoms with Crippen LogP contribution < -0.4 is 14.2 Å². The summed E-state index contributed by atoms with van der Waals surface area (Å²) >= 11 is 0. The average Bonchev–Trinajstić information content (AvgIpc) is 3.35. The molecule has 1 saturated heterocycles. The average molecular weight is 479 g/mol. The largest absolute Gasteiger partial charge is 0.507 e. The highest BCUT2D eigenvalue weighted by Gasteiger charge is 2.24. The molecule has 1 fully saturated rings. The first kappa shape index (κ1) is 23.0. The third-order valence-electron chi connectivity index (χ3n) is 6.60. The number of aromatic nitrogens is 1. The summed E-state index contributed by atoms with van der Waals surface area (Å²) in [5.74, 6) is 1.56. The van der Waals surface area contributed by atoms with Crippen molar-refractivity contribution in [2.75, 3.05) is 26.5 Å². The molecule has 2 aromatic carbocycles. The smallest absolute Gasteiger partial charge is 0.260 e. The number of carbonyl (C=O) groups excluding carboxylic acids is 1. The minimum Gasteiger partial charge on any atom is -0.507 e. The number of phenols is 1. The fourth-order valence-corrected chi connectivity index (χ4v) is 4.60. The first-order valence-electron chi connectivity index (χ1n) is 11.8. The molecular weight excluding hydrogens is 451 g/mol. The van der Waals surface area contributed by atoms with Gasteiger partial charge in [0, 0.05) is 36.5 Å². The minimum atomic E-state index is -0.535. The van der Waals surface area contributed by atoms with Crippen LogP contribution in [0.5, 0.6) is 23.1 Å². The number of rotatable bonds is 7. The number of piperidine rings is 1. The van der Waals surface area contributed by atoms with Gasteiger partial charge in [-0.05, 0) is 73.6 Å². The third-order valence-corrected chi connectivity index (χ3v) is 6.60. The predicted molar refractivity (Wildman–Crippen MR) is 127 cm³/mol. The third kappa shape index (κ3) is 5.31. The van der Waals surface area contributed by atoms with E-state index in [1.807, 2.05) is 11.0 Å². The van der Waals surface area contributed by atoms with Gasteiger partial charge in [0.1, 0.15) is 11.6 Å². The molecule has 3 heterocycles. The van der Waals surface area contributed by atoms with Crippen LogP contribution in [0.1, 0.15) is 24.8 Å². The molecule has 0 atom stereocenters. The lowest BCUT2D eigenvalue weighted by Crippen LogP contribution is -2.41. The van der Waals surface area contributed by atoms with E-state index < -0.39 is 5.82 Å². The molecule has 7 nitrogen and oxygen atoms in total. The predicted octanol–water partition coefficient (Wildman–Crippen LogP) is 4.57. The topological polar surface area (TPSA) is 81.1 Å². The highest BCUT2D eigenvalue weighted by atomic mass is 19.1. The summed E-state index contributed by atoms with van der Waals surface area (Å²) in [6.45, 7) is 1.53. The Labute approximate surface area is 203 Å². The number of phenolic OH excluding ortho intramolecular Hbond substituents is 1. The van der Waals surface area contributed by atoms with E-state index in [2.05, 4.69) is 17.1 Å². The van der Waals surface area contributed by atoms with Gasteiger partial charge in [-0.2, -0.15) is 0 Å². The van der Waals surface area contributed by atoms with Crippen molar-refractivity contribution in [3.8, 4) is 34.3 Å². The van der Waals surface area contributed by atoms with Crippen LogP contribution in [0.2, 0.25) is 0 Å². The van der Waals surface area contributed by atoms with Crippen molar-refractivity contribution in [3.05, 3.63) is 66.1 Å². The summed E-state index contributed by atoms with van der Waals surface area (Å²) in [4.78, 5) is 18.8. The van der Waals surface area contributed by atoms with E-state index in [9.17, 15) is 14.3 Å². The molecule has 1 N–H and O–H groups in total. The number of halogens is 1. The van der Waals surface area contributed by atoms with E-state index in [-0.39, 0.29) is 30.9 Å². The molecule has 8 heteroatoms. The van der Waals surface area contributed by atoms with Gasteiger partial charge in [-0.1, -0.05) is 6.07 Å². The molecule has 0 aliphatic carbocycles. The number of benzene rings is 2. The molecule has 182 valence electrons. The number of aromatic hydroxyl groups is 1. The molecule has 0 radical (unpaired) electrons. The molecule has 3 aromatic rings. The maximum absolute atomic E-state index is 13.4. The van der Waals surface area contributed by atoms with E-state index in [0.29, 0.717) is 30.1 Å². The van der Waals surface area contributed by atoms with Gasteiger partial charge in [-0.15, -0.1) is 0 Å².